The Balaban J connectivity index is 0.000000186. The Bertz CT molecular complexity index is 2700. The molecule has 5 aromatic carbocycles. The van der Waals surface area contributed by atoms with Crippen molar-refractivity contribution in [3.63, 3.8) is 0 Å². The van der Waals surface area contributed by atoms with Crippen molar-refractivity contribution in [1.29, 1.82) is 0 Å². The van der Waals surface area contributed by atoms with Gasteiger partial charge in [-0.05, 0) is 54.1 Å². The first kappa shape index (κ1) is 35.2. The van der Waals surface area contributed by atoms with Gasteiger partial charge in [0.15, 0.2) is 0 Å². The molecule has 0 atom stereocenters. The van der Waals surface area contributed by atoms with Crippen LogP contribution in [0.5, 0.6) is 0 Å². The Morgan fingerprint density at radius 1 is 0.792 bits per heavy atom. The van der Waals surface area contributed by atoms with E-state index >= 15 is 0 Å². The van der Waals surface area contributed by atoms with E-state index in [9.17, 15) is 0 Å². The fourth-order valence-corrected chi connectivity index (χ4v) is 8.72. The van der Waals surface area contributed by atoms with Gasteiger partial charge in [-0.25, -0.2) is 4.98 Å². The first-order chi connectivity index (χ1) is 25.4. The molecule has 7 heteroatoms. The maximum Gasteiger partial charge on any atom is 0 e. The van der Waals surface area contributed by atoms with E-state index in [0.717, 1.165) is 67.0 Å². The first-order valence-corrected chi connectivity index (χ1v) is 25.0. The maximum absolute atomic E-state index is 8.02. The van der Waals surface area contributed by atoms with Crippen LogP contribution in [-0.4, -0.2) is 32.8 Å². The van der Waals surface area contributed by atoms with Crippen molar-refractivity contribution in [3.05, 3.63) is 151 Å². The minimum Gasteiger partial charge on any atom is 0 e. The van der Waals surface area contributed by atoms with Crippen molar-refractivity contribution in [1.82, 2.24) is 19.5 Å². The van der Waals surface area contributed by atoms with Gasteiger partial charge in [-0.1, -0.05) is 53.4 Å². The van der Waals surface area contributed by atoms with Gasteiger partial charge in [0.2, 0.25) is 5.71 Å². The van der Waals surface area contributed by atoms with Crippen LogP contribution in [0.25, 0.3) is 72.2 Å². The summed E-state index contributed by atoms with van der Waals surface area (Å²) in [5.41, 5.74) is 9.08. The molecule has 0 fully saturated rings. The number of para-hydroxylation sites is 2. The smallest absolute Gasteiger partial charge is 0 e. The molecule has 0 aliphatic rings. The normalized spacial score (nSPS) is 12.1. The molecule has 0 saturated carbocycles. The minimum absolute atomic E-state index is 0. The summed E-state index contributed by atoms with van der Waals surface area (Å²) in [5.74, 6) is 7.33. The van der Waals surface area contributed by atoms with Gasteiger partial charge in [0, 0.05) is 36.9 Å². The number of rotatable bonds is 5. The van der Waals surface area contributed by atoms with E-state index in [4.69, 9.17) is 10.8 Å². The van der Waals surface area contributed by atoms with Gasteiger partial charge in [0.05, 0.1) is 22.4 Å². The van der Waals surface area contributed by atoms with Crippen molar-refractivity contribution < 1.29 is 25.9 Å². The van der Waals surface area contributed by atoms with Gasteiger partial charge in [0.1, 0.15) is 0 Å². The molecule has 5 nitrogen and oxygen atoms in total. The Kier molecular flexibility index (Phi) is 9.86. The molecule has 0 unspecified atom stereocenters. The third kappa shape index (κ3) is 7.24. The average molecular weight is 931 g/mol. The molecule has 9 rings (SSSR count). The molecule has 4 aromatic heterocycles. The van der Waals surface area contributed by atoms with Crippen molar-refractivity contribution >= 4 is 61.5 Å². The predicted octanol–water partition coefficient (Wildman–Crippen LogP) is 11.5. The monoisotopic (exact) mass is 932 g/mol. The summed E-state index contributed by atoms with van der Waals surface area (Å²) in [6.07, 6.45) is 2.02. The number of hydrogen-bond donors (Lipinski definition) is 0. The number of pyridine rings is 2. The summed E-state index contributed by atoms with van der Waals surface area (Å²) >= 11 is -1.78. The summed E-state index contributed by atoms with van der Waals surface area (Å²) in [6, 6.07) is 48.0. The largest absolute Gasteiger partial charge is 0 e. The number of hydrogen-bond acceptors (Lipinski definition) is 4. The third-order valence-corrected chi connectivity index (χ3v) is 13.8. The van der Waals surface area contributed by atoms with E-state index in [1.807, 2.05) is 81.6 Å². The SMILES string of the molecule is Cc1ccc2c(n1)oc1c(-c3nc4ccccc4n3-c3ccc4ccccc4c3)[c-]ccc12.[2H]C(C)(C)c1c[c-]c(-c2cc[c]([Ge]([CH3])([CH3])[CH3])cn2)cc1.[Ir]. The van der Waals surface area contributed by atoms with E-state index in [0.29, 0.717) is 5.71 Å². The quantitative estimate of drug-likeness (QED) is 0.127. The van der Waals surface area contributed by atoms with Crippen LogP contribution in [0.2, 0.25) is 17.3 Å². The van der Waals surface area contributed by atoms with Gasteiger partial charge in [-0.2, -0.15) is 0 Å². The van der Waals surface area contributed by atoms with Crippen LogP contribution in [0, 0.1) is 19.1 Å². The van der Waals surface area contributed by atoms with E-state index in [1.54, 1.807) is 0 Å². The molecule has 0 aliphatic heterocycles. The molecule has 0 amide bonds. The Morgan fingerprint density at radius 3 is 2.32 bits per heavy atom. The molecule has 4 heterocycles. The third-order valence-electron chi connectivity index (χ3n) is 9.51. The molecule has 0 aliphatic carbocycles. The van der Waals surface area contributed by atoms with Crippen LogP contribution < -0.4 is 4.40 Å². The van der Waals surface area contributed by atoms with Gasteiger partial charge >= 0.3 is 120 Å². The van der Waals surface area contributed by atoms with Gasteiger partial charge in [-0.3, -0.25) is 4.98 Å². The summed E-state index contributed by atoms with van der Waals surface area (Å²) in [6.45, 7) is 5.75. The molecule has 0 bridgehead atoms. The van der Waals surface area contributed by atoms with E-state index in [-0.39, 0.29) is 20.1 Å². The number of nitrogens with zero attached hydrogens (tertiary/aromatic N) is 4. The van der Waals surface area contributed by atoms with Crippen molar-refractivity contribution in [2.45, 2.75) is 43.9 Å². The number of aryl methyl sites for hydroxylation is 1. The van der Waals surface area contributed by atoms with Crippen molar-refractivity contribution in [2.75, 3.05) is 0 Å². The summed E-state index contributed by atoms with van der Waals surface area (Å²) in [5, 5.41) is 4.41. The van der Waals surface area contributed by atoms with Crippen LogP contribution in [-0.2, 0) is 20.1 Å². The molecule has 1 radical (unpaired) electrons. The van der Waals surface area contributed by atoms with Crippen LogP contribution in [0.3, 0.4) is 0 Å². The number of benzene rings is 5. The van der Waals surface area contributed by atoms with E-state index < -0.39 is 19.2 Å². The minimum atomic E-state index is -1.78. The Hall–Kier alpha value is -4.88. The average Bonchev–Trinajstić information content (AvgIpc) is 3.72. The maximum atomic E-state index is 8.02. The Labute approximate surface area is 328 Å². The zero-order valence-corrected chi connectivity index (χ0v) is 35.1. The molecule has 0 saturated heterocycles. The van der Waals surface area contributed by atoms with E-state index in [1.165, 1.54) is 15.2 Å². The molecule has 9 aromatic rings. The summed E-state index contributed by atoms with van der Waals surface area (Å²) < 4.78 is 17.9. The molecule has 53 heavy (non-hydrogen) atoms. The van der Waals surface area contributed by atoms with E-state index in [2.05, 4.69) is 111 Å². The van der Waals surface area contributed by atoms with Crippen molar-refractivity contribution in [3.8, 4) is 28.3 Å². The molecule has 265 valence electrons. The number of furan rings is 1. The molecule has 0 spiro atoms. The van der Waals surface area contributed by atoms with Gasteiger partial charge in [0.25, 0.3) is 0 Å². The molecular formula is C46H40GeIrN4O-2. The Morgan fingerprint density at radius 2 is 1.58 bits per heavy atom. The number of aromatic nitrogens is 4. The van der Waals surface area contributed by atoms with Crippen molar-refractivity contribution in [2.24, 2.45) is 0 Å². The molecular weight excluding hydrogens is 889 g/mol. The predicted molar refractivity (Wildman–Crippen MR) is 218 cm³/mol. The number of fused-ring (bicyclic) bond motifs is 5. The molecule has 0 N–H and O–H groups in total. The fraction of sp³-hybridized carbons (Fsp3) is 0.152. The zero-order chi connectivity index (χ0) is 36.9. The van der Waals surface area contributed by atoms with Gasteiger partial charge in [-0.15, -0.1) is 18.2 Å². The fourth-order valence-electron chi connectivity index (χ4n) is 6.54. The second-order valence-corrected chi connectivity index (χ2v) is 25.1. The zero-order valence-electron chi connectivity index (χ0n) is 31.7. The second kappa shape index (κ2) is 14.9. The van der Waals surface area contributed by atoms with Crippen LogP contribution in [0.1, 0.15) is 32.4 Å². The van der Waals surface area contributed by atoms with Crippen LogP contribution in [0.4, 0.5) is 0 Å². The number of imidazole rings is 1. The summed E-state index contributed by atoms with van der Waals surface area (Å²) in [7, 11) is 0. The van der Waals surface area contributed by atoms with Crippen LogP contribution >= 0.6 is 0 Å². The second-order valence-electron chi connectivity index (χ2n) is 14.5. The topological polar surface area (TPSA) is 56.7 Å². The summed E-state index contributed by atoms with van der Waals surface area (Å²) in [4.78, 5) is 14.2. The first-order valence-electron chi connectivity index (χ1n) is 18.1. The standard InChI is InChI=1S/C29H18N3O.C17H22GeN.Ir/c1-18-13-16-23-22-9-6-10-24(27(22)33-29(23)30-18)28-31-25-11-4-5-12-26(25)32(28)21-15-14-19-7-2-3-8-20(19)17-21;1-13(2)14-6-8-15(9-7-14)17-11-10-16(12-19-17)18(3,4)5;/h2-9,11-17H,1H3;6-8,10-13H,1-5H3;/q2*-1;/i;13D;. The van der Waals surface area contributed by atoms with Crippen LogP contribution in [0.15, 0.2) is 132 Å². The van der Waals surface area contributed by atoms with Gasteiger partial charge < -0.3 is 8.98 Å².